The number of oxazole rings is 1. The van der Waals surface area contributed by atoms with Crippen LogP contribution in [0.3, 0.4) is 0 Å². The van der Waals surface area contributed by atoms with Crippen LogP contribution >= 0.6 is 11.8 Å². The minimum absolute atomic E-state index is 0.114. The van der Waals surface area contributed by atoms with Crippen molar-refractivity contribution in [2.24, 2.45) is 5.92 Å². The van der Waals surface area contributed by atoms with Crippen molar-refractivity contribution in [1.29, 1.82) is 0 Å². The minimum Gasteiger partial charge on any atom is -0.444 e. The highest BCUT2D eigenvalue weighted by molar-refractivity contribution is 7.99. The van der Waals surface area contributed by atoms with E-state index in [0.29, 0.717) is 17.5 Å². The Kier molecular flexibility index (Phi) is 4.71. The van der Waals surface area contributed by atoms with Gasteiger partial charge in [0.1, 0.15) is 11.8 Å². The number of carbonyl (C=O) groups excluding carboxylic acids is 2. The standard InChI is InChI=1S/C15H21N3O3S/c1-10-6-16-13(21-10)7-17-14(19)12-8-22-9-18(12)15(20)11-4-2-3-5-11/h6,11-12H,2-5,7-9H2,1H3,(H,17,19)/t12-/m0/s1. The molecule has 1 aliphatic carbocycles. The number of thioether (sulfide) groups is 1. The molecule has 0 aromatic carbocycles. The lowest BCUT2D eigenvalue weighted by Gasteiger charge is -2.25. The molecular weight excluding hydrogens is 302 g/mol. The highest BCUT2D eigenvalue weighted by atomic mass is 32.2. The zero-order valence-corrected chi connectivity index (χ0v) is 13.5. The molecule has 0 unspecified atom stereocenters. The van der Waals surface area contributed by atoms with Gasteiger partial charge in [0.25, 0.3) is 0 Å². The van der Waals surface area contributed by atoms with Gasteiger partial charge in [-0.15, -0.1) is 11.8 Å². The van der Waals surface area contributed by atoms with Gasteiger partial charge in [0, 0.05) is 11.7 Å². The smallest absolute Gasteiger partial charge is 0.244 e. The van der Waals surface area contributed by atoms with Crippen LogP contribution < -0.4 is 5.32 Å². The summed E-state index contributed by atoms with van der Waals surface area (Å²) in [7, 11) is 0. The molecule has 6 nitrogen and oxygen atoms in total. The zero-order chi connectivity index (χ0) is 15.5. The lowest BCUT2D eigenvalue weighted by Crippen LogP contribution is -2.48. The van der Waals surface area contributed by atoms with Crippen LogP contribution in [-0.4, -0.2) is 39.4 Å². The van der Waals surface area contributed by atoms with Crippen molar-refractivity contribution in [1.82, 2.24) is 15.2 Å². The second kappa shape index (κ2) is 6.73. The molecule has 1 aliphatic heterocycles. The first-order valence-corrected chi connectivity index (χ1v) is 8.88. The molecule has 1 aromatic heterocycles. The Hall–Kier alpha value is -1.50. The van der Waals surface area contributed by atoms with Crippen LogP contribution in [-0.2, 0) is 16.1 Å². The van der Waals surface area contributed by atoms with Crippen molar-refractivity contribution in [3.63, 3.8) is 0 Å². The molecule has 1 atom stereocenters. The summed E-state index contributed by atoms with van der Waals surface area (Å²) in [5, 5.41) is 2.83. The van der Waals surface area contributed by atoms with Gasteiger partial charge in [0.15, 0.2) is 0 Å². The van der Waals surface area contributed by atoms with E-state index < -0.39 is 0 Å². The maximum absolute atomic E-state index is 12.5. The summed E-state index contributed by atoms with van der Waals surface area (Å²) in [6.07, 6.45) is 5.80. The average Bonchev–Trinajstić information content (AvgIpc) is 3.25. The largest absolute Gasteiger partial charge is 0.444 e. The topological polar surface area (TPSA) is 75.4 Å². The van der Waals surface area contributed by atoms with Crippen LogP contribution in [0.15, 0.2) is 10.6 Å². The molecule has 120 valence electrons. The minimum atomic E-state index is -0.367. The van der Waals surface area contributed by atoms with E-state index in [-0.39, 0.29) is 30.3 Å². The molecule has 0 bridgehead atoms. The summed E-state index contributed by atoms with van der Waals surface area (Å²) in [5.74, 6) is 2.63. The lowest BCUT2D eigenvalue weighted by molar-refractivity contribution is -0.141. The van der Waals surface area contributed by atoms with E-state index in [0.717, 1.165) is 31.4 Å². The fourth-order valence-corrected chi connectivity index (χ4v) is 4.21. The molecule has 2 fully saturated rings. The van der Waals surface area contributed by atoms with E-state index in [9.17, 15) is 9.59 Å². The molecule has 3 rings (SSSR count). The maximum atomic E-state index is 12.5. The van der Waals surface area contributed by atoms with Crippen LogP contribution in [0.25, 0.3) is 0 Å². The number of nitrogens with zero attached hydrogens (tertiary/aromatic N) is 2. The highest BCUT2D eigenvalue weighted by Gasteiger charge is 2.38. The zero-order valence-electron chi connectivity index (χ0n) is 12.7. The van der Waals surface area contributed by atoms with Crippen LogP contribution in [0, 0.1) is 12.8 Å². The van der Waals surface area contributed by atoms with E-state index in [2.05, 4.69) is 10.3 Å². The molecule has 1 saturated carbocycles. The van der Waals surface area contributed by atoms with Crippen LogP contribution in [0.2, 0.25) is 0 Å². The second-order valence-corrected chi connectivity index (χ2v) is 6.89. The molecule has 1 aromatic rings. The Morgan fingerprint density at radius 2 is 2.23 bits per heavy atom. The fraction of sp³-hybridized carbons (Fsp3) is 0.667. The van der Waals surface area contributed by atoms with E-state index >= 15 is 0 Å². The number of amides is 2. The summed E-state index contributed by atoms with van der Waals surface area (Å²) >= 11 is 1.64. The van der Waals surface area contributed by atoms with Crippen molar-refractivity contribution >= 4 is 23.6 Å². The highest BCUT2D eigenvalue weighted by Crippen LogP contribution is 2.30. The number of aromatic nitrogens is 1. The molecule has 22 heavy (non-hydrogen) atoms. The summed E-state index contributed by atoms with van der Waals surface area (Å²) < 4.78 is 5.34. The van der Waals surface area contributed by atoms with Crippen molar-refractivity contribution in [2.75, 3.05) is 11.6 Å². The van der Waals surface area contributed by atoms with Crippen molar-refractivity contribution in [2.45, 2.75) is 45.2 Å². The summed E-state index contributed by atoms with van der Waals surface area (Å²) in [4.78, 5) is 30.7. The first kappa shape index (κ1) is 15.4. The first-order valence-electron chi connectivity index (χ1n) is 7.72. The molecule has 7 heteroatoms. The van der Waals surface area contributed by atoms with Crippen LogP contribution in [0.1, 0.15) is 37.3 Å². The quantitative estimate of drug-likeness (QED) is 0.912. The third-order valence-electron chi connectivity index (χ3n) is 4.26. The van der Waals surface area contributed by atoms with Crippen LogP contribution in [0.4, 0.5) is 0 Å². The Bertz CT molecular complexity index is 554. The van der Waals surface area contributed by atoms with Gasteiger partial charge in [-0.1, -0.05) is 12.8 Å². The Morgan fingerprint density at radius 1 is 1.45 bits per heavy atom. The Morgan fingerprint density at radius 3 is 2.91 bits per heavy atom. The number of hydrogen-bond acceptors (Lipinski definition) is 5. The van der Waals surface area contributed by atoms with E-state index in [4.69, 9.17) is 4.42 Å². The molecule has 0 spiro atoms. The normalized spacial score (nSPS) is 22.2. The van der Waals surface area contributed by atoms with Crippen molar-refractivity contribution in [3.8, 4) is 0 Å². The molecule has 2 heterocycles. The van der Waals surface area contributed by atoms with Gasteiger partial charge >= 0.3 is 0 Å². The second-order valence-electron chi connectivity index (χ2n) is 5.89. The van der Waals surface area contributed by atoms with Crippen LogP contribution in [0.5, 0.6) is 0 Å². The number of carbonyl (C=O) groups is 2. The molecule has 2 amide bonds. The number of aryl methyl sites for hydroxylation is 1. The summed E-state index contributed by atoms with van der Waals surface area (Å²) in [6.45, 7) is 2.08. The predicted octanol–water partition coefficient (Wildman–Crippen LogP) is 1.69. The van der Waals surface area contributed by atoms with E-state index in [1.807, 2.05) is 6.92 Å². The van der Waals surface area contributed by atoms with Gasteiger partial charge in [-0.25, -0.2) is 4.98 Å². The van der Waals surface area contributed by atoms with Gasteiger partial charge in [-0.3, -0.25) is 9.59 Å². The average molecular weight is 323 g/mol. The molecule has 1 saturated heterocycles. The number of rotatable bonds is 4. The predicted molar refractivity (Wildman–Crippen MR) is 83.0 cm³/mol. The van der Waals surface area contributed by atoms with Crippen molar-refractivity contribution < 1.29 is 14.0 Å². The lowest BCUT2D eigenvalue weighted by atomic mass is 10.1. The van der Waals surface area contributed by atoms with Gasteiger partial charge in [-0.2, -0.15) is 0 Å². The third-order valence-corrected chi connectivity index (χ3v) is 5.27. The monoisotopic (exact) mass is 323 g/mol. The summed E-state index contributed by atoms with van der Waals surface area (Å²) in [5.41, 5.74) is 0. The van der Waals surface area contributed by atoms with Gasteiger partial charge < -0.3 is 14.6 Å². The van der Waals surface area contributed by atoms with Gasteiger partial charge in [0.2, 0.25) is 17.7 Å². The Labute approximate surface area is 134 Å². The Balaban J connectivity index is 1.57. The number of hydrogen-bond donors (Lipinski definition) is 1. The summed E-state index contributed by atoms with van der Waals surface area (Å²) in [6, 6.07) is -0.367. The van der Waals surface area contributed by atoms with Gasteiger partial charge in [-0.05, 0) is 19.8 Å². The first-order chi connectivity index (χ1) is 10.6. The van der Waals surface area contributed by atoms with E-state index in [1.165, 1.54) is 0 Å². The molecular formula is C15H21N3O3S. The number of nitrogens with one attached hydrogen (secondary N) is 1. The van der Waals surface area contributed by atoms with Gasteiger partial charge in [0.05, 0.1) is 18.6 Å². The van der Waals surface area contributed by atoms with Crippen molar-refractivity contribution in [3.05, 3.63) is 17.8 Å². The van der Waals surface area contributed by atoms with E-state index in [1.54, 1.807) is 22.9 Å². The maximum Gasteiger partial charge on any atom is 0.244 e. The molecule has 1 N–H and O–H groups in total. The SMILES string of the molecule is Cc1cnc(CNC(=O)[C@@H]2CSCN2C(=O)C2CCCC2)o1. The molecule has 2 aliphatic rings. The fourth-order valence-electron chi connectivity index (χ4n) is 3.05. The molecule has 0 radical (unpaired) electrons. The third kappa shape index (κ3) is 3.29.